The number of carbonyl (C=O) groups is 2. The topological polar surface area (TPSA) is 133 Å². The molecule has 2 aromatic heterocycles. The van der Waals surface area contributed by atoms with Gasteiger partial charge in [-0.2, -0.15) is 0 Å². The van der Waals surface area contributed by atoms with Crippen molar-refractivity contribution in [2.24, 2.45) is 0 Å². The van der Waals surface area contributed by atoms with Gasteiger partial charge in [-0.05, 0) is 63.1 Å². The van der Waals surface area contributed by atoms with Gasteiger partial charge < -0.3 is 24.5 Å². The fraction of sp³-hybridized carbons (Fsp3) is 0.370. The molecule has 9 nitrogen and oxygen atoms in total. The number of likely N-dealkylation sites (tertiary alicyclic amines) is 1. The third-order valence-corrected chi connectivity index (χ3v) is 7.70. The normalized spacial score (nSPS) is 18.8. The number of thiazole rings is 1. The fourth-order valence-electron chi connectivity index (χ4n) is 4.60. The second kappa shape index (κ2) is 11.7. The minimum Gasteiger partial charge on any atom is -0.490 e. The van der Waals surface area contributed by atoms with E-state index in [-0.39, 0.29) is 6.61 Å². The Morgan fingerprint density at radius 3 is 2.65 bits per heavy atom. The Kier molecular flexibility index (Phi) is 8.42. The first-order valence-corrected chi connectivity index (χ1v) is 12.9. The average molecular weight is 527 g/mol. The molecule has 0 amide bonds. The molecule has 0 bridgehead atoms. The Hall–Kier alpha value is -3.47. The Morgan fingerprint density at radius 2 is 1.95 bits per heavy atom. The molecule has 196 valence electrons. The number of aromatic nitrogens is 1. The number of aliphatic hydroxyl groups excluding tert-OH is 1. The number of piperidine rings is 1. The van der Waals surface area contributed by atoms with Crippen LogP contribution in [0.2, 0.25) is 0 Å². The van der Waals surface area contributed by atoms with Gasteiger partial charge in [0.1, 0.15) is 24.0 Å². The number of para-hydroxylation sites is 1. The van der Waals surface area contributed by atoms with E-state index in [1.165, 1.54) is 15.3 Å². The van der Waals surface area contributed by atoms with Crippen molar-refractivity contribution >= 4 is 44.5 Å². The lowest BCUT2D eigenvalue weighted by atomic mass is 9.92. The summed E-state index contributed by atoms with van der Waals surface area (Å²) in [7, 11) is 0. The van der Waals surface area contributed by atoms with Crippen LogP contribution in [0.5, 0.6) is 5.75 Å². The lowest BCUT2D eigenvalue weighted by Gasteiger charge is -2.38. The van der Waals surface area contributed by atoms with Gasteiger partial charge in [-0.15, -0.1) is 11.3 Å². The highest BCUT2D eigenvalue weighted by molar-refractivity contribution is 7.18. The molecule has 5 rings (SSSR count). The van der Waals surface area contributed by atoms with Gasteiger partial charge in [0.15, 0.2) is 0 Å². The molecule has 1 saturated heterocycles. The number of fused-ring (bicyclic) bond motifs is 2. The maximum atomic E-state index is 10.6. The maximum Gasteiger partial charge on any atom is 0.414 e. The molecule has 0 saturated carbocycles. The van der Waals surface area contributed by atoms with E-state index in [9.17, 15) is 5.11 Å². The molecule has 0 radical (unpaired) electrons. The first-order chi connectivity index (χ1) is 17.7. The van der Waals surface area contributed by atoms with Gasteiger partial charge in [-0.3, -0.25) is 4.90 Å². The van der Waals surface area contributed by atoms with Crippen LogP contribution in [0.3, 0.4) is 0 Å². The van der Waals surface area contributed by atoms with E-state index in [0.29, 0.717) is 18.5 Å². The Morgan fingerprint density at radius 1 is 1.19 bits per heavy atom. The number of nitrogens with zero attached hydrogens (tertiary/aromatic N) is 2. The monoisotopic (exact) mass is 526 g/mol. The minimum atomic E-state index is -1.82. The van der Waals surface area contributed by atoms with E-state index in [1.54, 1.807) is 6.26 Å². The first-order valence-electron chi connectivity index (χ1n) is 12.1. The third kappa shape index (κ3) is 6.46. The summed E-state index contributed by atoms with van der Waals surface area (Å²) >= 11 is 1.84. The number of aryl methyl sites for hydroxylation is 1. The van der Waals surface area contributed by atoms with Crippen LogP contribution in [0.4, 0.5) is 0 Å². The number of ether oxygens (including phenoxy) is 1. The Bertz CT molecular complexity index is 1370. The zero-order valence-electron chi connectivity index (χ0n) is 20.7. The predicted octanol–water partition coefficient (Wildman–Crippen LogP) is 4.51. The number of furan rings is 1. The molecule has 10 heteroatoms. The largest absolute Gasteiger partial charge is 0.490 e. The summed E-state index contributed by atoms with van der Waals surface area (Å²) in [5.41, 5.74) is 3.20. The number of β-amino-alcohol motifs (C(OH)–C–C–N with tert-alkyl or cyclic N) is 1. The van der Waals surface area contributed by atoms with Crippen molar-refractivity contribution in [1.82, 2.24) is 9.88 Å². The van der Waals surface area contributed by atoms with Gasteiger partial charge in [0.2, 0.25) is 0 Å². The van der Waals surface area contributed by atoms with Crippen molar-refractivity contribution in [3.63, 3.8) is 0 Å². The van der Waals surface area contributed by atoms with Crippen LogP contribution in [0.15, 0.2) is 53.1 Å². The molecule has 0 aliphatic carbocycles. The molecule has 4 aromatic rings. The molecule has 3 atom stereocenters. The van der Waals surface area contributed by atoms with Gasteiger partial charge >= 0.3 is 11.9 Å². The summed E-state index contributed by atoms with van der Waals surface area (Å²) in [6.45, 7) is 6.25. The summed E-state index contributed by atoms with van der Waals surface area (Å²) in [5, 5.41) is 27.6. The molecular weight excluding hydrogens is 496 g/mol. The quantitative estimate of drug-likeness (QED) is 0.310. The summed E-state index contributed by atoms with van der Waals surface area (Å²) < 4.78 is 12.6. The van der Waals surface area contributed by atoms with Crippen molar-refractivity contribution in [3.8, 4) is 5.75 Å². The molecule has 0 spiro atoms. The van der Waals surface area contributed by atoms with Crippen LogP contribution >= 0.6 is 11.3 Å². The maximum absolute atomic E-state index is 10.6. The Balaban J connectivity index is 0.000000480. The van der Waals surface area contributed by atoms with Crippen LogP contribution in [0.1, 0.15) is 36.3 Å². The number of rotatable bonds is 6. The Labute approximate surface area is 217 Å². The van der Waals surface area contributed by atoms with Crippen molar-refractivity contribution < 1.29 is 34.1 Å². The van der Waals surface area contributed by atoms with Crippen molar-refractivity contribution in [2.45, 2.75) is 44.8 Å². The molecule has 1 fully saturated rings. The standard InChI is InChI=1S/C25H28N2O3S.C2H2O4/c1-16-5-3-8-23-24(16)26-25(31-23)18-9-11-27(17(2)13-18)14-19(28)15-30-22-7-4-6-21-20(22)10-12-29-21;3-1(4)2(5)6/h3-8,10,12,17-19,28H,9,11,13-15H2,1-2H3;(H,3,4)(H,5,6)/t17-,18+,19+;/m1./s1. The van der Waals surface area contributed by atoms with Gasteiger partial charge in [0.25, 0.3) is 0 Å². The summed E-state index contributed by atoms with van der Waals surface area (Å²) in [4.78, 5) is 25.5. The van der Waals surface area contributed by atoms with Crippen LogP contribution in [-0.2, 0) is 9.59 Å². The van der Waals surface area contributed by atoms with Crippen molar-refractivity contribution in [3.05, 3.63) is 59.3 Å². The van der Waals surface area contributed by atoms with Gasteiger partial charge in [-0.1, -0.05) is 18.2 Å². The summed E-state index contributed by atoms with van der Waals surface area (Å²) in [5.74, 6) is -2.40. The predicted molar refractivity (Wildman–Crippen MR) is 140 cm³/mol. The van der Waals surface area contributed by atoms with Crippen LogP contribution in [0.25, 0.3) is 21.2 Å². The van der Waals surface area contributed by atoms with E-state index in [2.05, 4.69) is 36.9 Å². The molecule has 37 heavy (non-hydrogen) atoms. The number of aliphatic carboxylic acids is 2. The zero-order chi connectivity index (χ0) is 26.5. The van der Waals surface area contributed by atoms with Crippen LogP contribution in [0, 0.1) is 6.92 Å². The van der Waals surface area contributed by atoms with Gasteiger partial charge in [-0.25, -0.2) is 14.6 Å². The number of benzene rings is 2. The van der Waals surface area contributed by atoms with E-state index in [1.807, 2.05) is 35.6 Å². The van der Waals surface area contributed by atoms with Gasteiger partial charge in [0, 0.05) is 18.5 Å². The van der Waals surface area contributed by atoms with Crippen LogP contribution < -0.4 is 4.74 Å². The number of carboxylic acids is 2. The van der Waals surface area contributed by atoms with E-state index >= 15 is 0 Å². The lowest BCUT2D eigenvalue weighted by Crippen LogP contribution is -2.45. The molecular formula is C27H30N2O7S. The molecule has 0 unspecified atom stereocenters. The number of aliphatic hydroxyl groups is 1. The number of hydrogen-bond acceptors (Lipinski definition) is 8. The first kappa shape index (κ1) is 26.6. The molecule has 3 heterocycles. The average Bonchev–Trinajstić information content (AvgIpc) is 3.52. The summed E-state index contributed by atoms with van der Waals surface area (Å²) in [6.07, 6.45) is 3.27. The highest BCUT2D eigenvalue weighted by Gasteiger charge is 2.29. The summed E-state index contributed by atoms with van der Waals surface area (Å²) in [6, 6.07) is 14.4. The third-order valence-electron chi connectivity index (χ3n) is 6.52. The molecule has 1 aliphatic heterocycles. The van der Waals surface area contributed by atoms with E-state index in [4.69, 9.17) is 33.9 Å². The second-order valence-electron chi connectivity index (χ2n) is 9.20. The second-order valence-corrected chi connectivity index (χ2v) is 10.3. The van der Waals surface area contributed by atoms with Crippen molar-refractivity contribution in [2.75, 3.05) is 19.7 Å². The SMILES string of the molecule is Cc1cccc2sc([C@H]3CCN(C[C@H](O)COc4cccc5occc45)[C@H](C)C3)nc12.O=C(O)C(=O)O. The smallest absolute Gasteiger partial charge is 0.414 e. The van der Waals surface area contributed by atoms with E-state index in [0.717, 1.165) is 41.6 Å². The van der Waals surface area contributed by atoms with E-state index < -0.39 is 18.0 Å². The zero-order valence-corrected chi connectivity index (χ0v) is 21.5. The van der Waals surface area contributed by atoms with Crippen LogP contribution in [-0.4, -0.2) is 69.0 Å². The number of hydrogen-bond donors (Lipinski definition) is 3. The fourth-order valence-corrected chi connectivity index (χ4v) is 5.79. The molecule has 3 N–H and O–H groups in total. The molecule has 1 aliphatic rings. The number of carboxylic acid groups (broad SMARTS) is 2. The lowest BCUT2D eigenvalue weighted by molar-refractivity contribution is -0.159. The highest BCUT2D eigenvalue weighted by atomic mass is 32.1. The highest BCUT2D eigenvalue weighted by Crippen LogP contribution is 2.36. The minimum absolute atomic E-state index is 0.272. The van der Waals surface area contributed by atoms with Gasteiger partial charge in [0.05, 0.1) is 26.9 Å². The van der Waals surface area contributed by atoms with Crippen molar-refractivity contribution in [1.29, 1.82) is 0 Å². The molecule has 2 aromatic carbocycles.